The molecule has 4 aromatic rings. The Morgan fingerprint density at radius 3 is 2.19 bits per heavy atom. The molecule has 0 aliphatic carbocycles. The van der Waals surface area contributed by atoms with Crippen LogP contribution in [-0.2, 0) is 48.2 Å². The number of rotatable bonds is 19. The quantitative estimate of drug-likeness (QED) is 0.0895. The fourth-order valence-electron chi connectivity index (χ4n) is 5.63. The highest BCUT2D eigenvalue weighted by Gasteiger charge is 2.32. The molecule has 0 fully saturated rings. The second-order valence-electron chi connectivity index (χ2n) is 12.2. The highest BCUT2D eigenvalue weighted by molar-refractivity contribution is 6.38. The van der Waals surface area contributed by atoms with Crippen LogP contribution in [0.5, 0.6) is 0 Å². The highest BCUT2D eigenvalue weighted by atomic mass is 16.5. The van der Waals surface area contributed by atoms with Gasteiger partial charge in [-0.1, -0.05) is 106 Å². The monoisotopic (exact) mass is 636 g/mol. The maximum Gasteiger partial charge on any atom is 0.306 e. The number of aromatic amines is 1. The zero-order valence-electron chi connectivity index (χ0n) is 27.2. The number of aromatic nitrogens is 1. The first-order chi connectivity index (χ1) is 22.7. The summed E-state index contributed by atoms with van der Waals surface area (Å²) >= 11 is 0. The van der Waals surface area contributed by atoms with Crippen LogP contribution in [0.4, 0.5) is 0 Å². The van der Waals surface area contributed by atoms with Gasteiger partial charge in [0.15, 0.2) is 11.6 Å². The van der Waals surface area contributed by atoms with E-state index in [1.807, 2.05) is 98.0 Å². The summed E-state index contributed by atoms with van der Waals surface area (Å²) in [6.45, 7) is 3.71. The topological polar surface area (TPSA) is 122 Å². The normalized spacial score (nSPS) is 13.0. The summed E-state index contributed by atoms with van der Waals surface area (Å²) < 4.78 is 5.36. The fourth-order valence-corrected chi connectivity index (χ4v) is 5.63. The molecule has 8 heteroatoms. The van der Waals surface area contributed by atoms with Crippen LogP contribution in [0.25, 0.3) is 10.9 Å². The van der Waals surface area contributed by atoms with E-state index in [-0.39, 0.29) is 38.1 Å². The molecule has 0 radical (unpaired) electrons. The van der Waals surface area contributed by atoms with Gasteiger partial charge in [-0.25, -0.2) is 0 Å². The standard InChI is InChI=1S/C39H44N2O6/c1-3-4-17-30(38(45)35(42)21-20-28-13-7-5-8-14-28)24-36(43)34(23-31-25-40-33-19-12-11-18-32(31)33)41-39(46)27(2)22-37(44)47-26-29-15-9-6-10-16-29/h5-16,18-19,25,27,30,34,40H,3-4,17,20-24,26H2,1-2H3,(H,41,46)/t27-,30-,34+/m1/s1. The average molecular weight is 637 g/mol. The Bertz CT molecular complexity index is 1650. The van der Waals surface area contributed by atoms with E-state index in [0.717, 1.165) is 34.0 Å². The molecule has 0 aliphatic heterocycles. The van der Waals surface area contributed by atoms with Crippen molar-refractivity contribution < 1.29 is 28.7 Å². The van der Waals surface area contributed by atoms with Gasteiger partial charge in [0, 0.05) is 48.2 Å². The van der Waals surface area contributed by atoms with E-state index >= 15 is 0 Å². The molecule has 8 nitrogen and oxygen atoms in total. The minimum absolute atomic E-state index is 0.0764. The summed E-state index contributed by atoms with van der Waals surface area (Å²) in [5, 5.41) is 3.79. The predicted molar refractivity (Wildman–Crippen MR) is 181 cm³/mol. The summed E-state index contributed by atoms with van der Waals surface area (Å²) in [5.41, 5.74) is 3.54. The van der Waals surface area contributed by atoms with Crippen molar-refractivity contribution in [3.63, 3.8) is 0 Å². The average Bonchev–Trinajstić information content (AvgIpc) is 3.50. The van der Waals surface area contributed by atoms with Gasteiger partial charge in [0.1, 0.15) is 6.61 Å². The number of esters is 1. The molecule has 0 aliphatic rings. The van der Waals surface area contributed by atoms with E-state index in [4.69, 9.17) is 4.74 Å². The maximum absolute atomic E-state index is 13.9. The first-order valence-electron chi connectivity index (χ1n) is 16.4. The zero-order valence-corrected chi connectivity index (χ0v) is 27.2. The van der Waals surface area contributed by atoms with Crippen molar-refractivity contribution in [2.75, 3.05) is 0 Å². The number of Topliss-reactive ketones (excluding diaryl/α,β-unsaturated/α-hetero) is 3. The first-order valence-corrected chi connectivity index (χ1v) is 16.4. The lowest BCUT2D eigenvalue weighted by Crippen LogP contribution is -2.46. The molecular formula is C39H44N2O6. The number of hydrogen-bond acceptors (Lipinski definition) is 6. The third-order valence-electron chi connectivity index (χ3n) is 8.45. The molecule has 1 heterocycles. The lowest BCUT2D eigenvalue weighted by atomic mass is 9.86. The third kappa shape index (κ3) is 10.6. The van der Waals surface area contributed by atoms with Crippen molar-refractivity contribution in [1.29, 1.82) is 0 Å². The molecule has 0 saturated heterocycles. The molecule has 246 valence electrons. The number of H-pyrrole nitrogens is 1. The van der Waals surface area contributed by atoms with E-state index in [0.29, 0.717) is 19.3 Å². The number of amides is 1. The predicted octanol–water partition coefficient (Wildman–Crippen LogP) is 6.50. The molecular weight excluding hydrogens is 592 g/mol. The number of ketones is 3. The second kappa shape index (κ2) is 17.7. The molecule has 3 atom stereocenters. The number of para-hydroxylation sites is 1. The van der Waals surface area contributed by atoms with Crippen molar-refractivity contribution >= 4 is 40.1 Å². The van der Waals surface area contributed by atoms with Crippen LogP contribution in [-0.4, -0.2) is 40.3 Å². The molecule has 0 saturated carbocycles. The maximum atomic E-state index is 13.9. The number of hydrogen-bond donors (Lipinski definition) is 2. The second-order valence-corrected chi connectivity index (χ2v) is 12.2. The van der Waals surface area contributed by atoms with Crippen LogP contribution < -0.4 is 5.32 Å². The summed E-state index contributed by atoms with van der Waals surface area (Å²) in [6, 6.07) is 25.5. The zero-order chi connectivity index (χ0) is 33.6. The van der Waals surface area contributed by atoms with E-state index < -0.39 is 41.3 Å². The summed E-state index contributed by atoms with van der Waals surface area (Å²) in [6.07, 6.45) is 4.13. The Labute approximate surface area is 276 Å². The van der Waals surface area contributed by atoms with Crippen molar-refractivity contribution in [3.8, 4) is 0 Å². The van der Waals surface area contributed by atoms with Crippen LogP contribution in [0.1, 0.15) is 69.1 Å². The van der Waals surface area contributed by atoms with Crippen LogP contribution in [0.2, 0.25) is 0 Å². The minimum atomic E-state index is -0.958. The first kappa shape index (κ1) is 35.0. The minimum Gasteiger partial charge on any atom is -0.461 e. The van der Waals surface area contributed by atoms with Crippen LogP contribution >= 0.6 is 0 Å². The molecule has 1 amide bonds. The van der Waals surface area contributed by atoms with Gasteiger partial charge in [0.05, 0.1) is 12.5 Å². The van der Waals surface area contributed by atoms with Gasteiger partial charge in [0.2, 0.25) is 11.7 Å². The van der Waals surface area contributed by atoms with Crippen LogP contribution in [0.3, 0.4) is 0 Å². The molecule has 3 aromatic carbocycles. The summed E-state index contributed by atoms with van der Waals surface area (Å²) in [7, 11) is 0. The van der Waals surface area contributed by atoms with E-state index in [1.54, 1.807) is 6.92 Å². The van der Waals surface area contributed by atoms with Gasteiger partial charge in [-0.05, 0) is 35.6 Å². The SMILES string of the molecule is CCCC[C@H](CC(=O)[C@H](Cc1c[nH]c2ccccc12)NC(=O)[C@H](C)CC(=O)OCc1ccccc1)C(=O)C(=O)CCc1ccccc1. The molecule has 47 heavy (non-hydrogen) atoms. The van der Waals surface area contributed by atoms with Crippen molar-refractivity contribution in [2.24, 2.45) is 11.8 Å². The summed E-state index contributed by atoms with van der Waals surface area (Å²) in [5.74, 6) is -3.84. The number of benzene rings is 3. The number of aryl methyl sites for hydroxylation is 1. The van der Waals surface area contributed by atoms with Gasteiger partial charge in [-0.2, -0.15) is 0 Å². The van der Waals surface area contributed by atoms with E-state index in [2.05, 4.69) is 10.3 Å². The molecule has 0 bridgehead atoms. The van der Waals surface area contributed by atoms with Gasteiger partial charge in [-0.15, -0.1) is 0 Å². The Morgan fingerprint density at radius 1 is 0.830 bits per heavy atom. The van der Waals surface area contributed by atoms with Gasteiger partial charge in [-0.3, -0.25) is 24.0 Å². The van der Waals surface area contributed by atoms with Gasteiger partial charge in [0.25, 0.3) is 0 Å². The number of ether oxygens (including phenoxy) is 1. The van der Waals surface area contributed by atoms with E-state index in [1.165, 1.54) is 0 Å². The lowest BCUT2D eigenvalue weighted by Gasteiger charge is -2.22. The Hall–Kier alpha value is -4.85. The Balaban J connectivity index is 1.45. The van der Waals surface area contributed by atoms with Crippen molar-refractivity contribution in [1.82, 2.24) is 10.3 Å². The largest absolute Gasteiger partial charge is 0.461 e. The molecule has 0 unspecified atom stereocenters. The van der Waals surface area contributed by atoms with Crippen molar-refractivity contribution in [2.45, 2.75) is 77.9 Å². The number of carbonyl (C=O) groups excluding carboxylic acids is 5. The van der Waals surface area contributed by atoms with Crippen molar-refractivity contribution in [3.05, 3.63) is 108 Å². The van der Waals surface area contributed by atoms with E-state index in [9.17, 15) is 24.0 Å². The Morgan fingerprint density at radius 2 is 1.49 bits per heavy atom. The van der Waals surface area contributed by atoms with Crippen LogP contribution in [0.15, 0.2) is 91.1 Å². The smallest absolute Gasteiger partial charge is 0.306 e. The summed E-state index contributed by atoms with van der Waals surface area (Å²) in [4.78, 5) is 69.5. The van der Waals surface area contributed by atoms with Gasteiger partial charge >= 0.3 is 5.97 Å². The number of fused-ring (bicyclic) bond motifs is 1. The lowest BCUT2D eigenvalue weighted by molar-refractivity contribution is -0.148. The fraction of sp³-hybridized carbons (Fsp3) is 0.359. The number of carbonyl (C=O) groups is 5. The number of nitrogens with one attached hydrogen (secondary N) is 2. The molecule has 1 aromatic heterocycles. The molecule has 4 rings (SSSR count). The number of unbranched alkanes of at least 4 members (excludes halogenated alkanes) is 1. The molecule has 2 N–H and O–H groups in total. The Kier molecular flexibility index (Phi) is 13.2. The van der Waals surface area contributed by atoms with Gasteiger partial charge < -0.3 is 15.0 Å². The highest BCUT2D eigenvalue weighted by Crippen LogP contribution is 2.23. The van der Waals surface area contributed by atoms with Crippen LogP contribution in [0, 0.1) is 11.8 Å². The molecule has 0 spiro atoms. The third-order valence-corrected chi connectivity index (χ3v) is 8.45.